The molecule has 1 aliphatic carbocycles. The van der Waals surface area contributed by atoms with E-state index in [0.717, 1.165) is 47.5 Å². The number of halogens is 4. The molecule has 0 N–H and O–H groups in total. The standard InChI is InChI=1S/C29H26Cl2F2N4O8S2/c1-15-19-9-18(11-34-26(19)45-35-15)47(40,41)37-6-7-46-27(37)28(38)43-24(10-20-21(30)12-36(39)13-22(20)31)17-4-5-23(44-29(32)33)25(8-17)42-14-16-2-3-16/h4-5,8-9,11-13,16,24,27,29H,2-3,6-7,10,14H2,1H3. The van der Waals surface area contributed by atoms with Crippen LogP contribution in [0.15, 0.2) is 52.3 Å². The van der Waals surface area contributed by atoms with Crippen molar-refractivity contribution in [3.8, 4) is 11.5 Å². The van der Waals surface area contributed by atoms with E-state index in [9.17, 15) is 27.2 Å². The second-order valence-electron chi connectivity index (χ2n) is 10.9. The van der Waals surface area contributed by atoms with E-state index in [1.54, 1.807) is 6.92 Å². The number of aryl methyl sites for hydroxylation is 1. The lowest BCUT2D eigenvalue weighted by atomic mass is 10.0. The summed E-state index contributed by atoms with van der Waals surface area (Å²) in [4.78, 5) is 17.7. The Balaban J connectivity index is 1.32. The highest BCUT2D eigenvalue weighted by Gasteiger charge is 2.42. The van der Waals surface area contributed by atoms with Crippen LogP contribution < -0.4 is 14.2 Å². The van der Waals surface area contributed by atoms with Crippen molar-refractivity contribution in [3.63, 3.8) is 0 Å². The Hall–Kier alpha value is -3.44. The van der Waals surface area contributed by atoms with Crippen LogP contribution in [0.3, 0.4) is 0 Å². The fraction of sp³-hybridized carbons (Fsp3) is 0.379. The molecule has 2 unspecified atom stereocenters. The van der Waals surface area contributed by atoms with Gasteiger partial charge in [0.05, 0.1) is 23.9 Å². The second kappa shape index (κ2) is 13.6. The highest BCUT2D eigenvalue weighted by molar-refractivity contribution is 8.02. The largest absolute Gasteiger partial charge is 0.619 e. The van der Waals surface area contributed by atoms with E-state index in [2.05, 4.69) is 14.9 Å². The SMILES string of the molecule is Cc1noc2ncc(S(=O)(=O)N3CCSC3C(=O)OC(Cc3c(Cl)c[n+]([O-])cc3Cl)c3ccc(OC(F)F)c(OCC4CC4)c3)cc12. The minimum Gasteiger partial charge on any atom is -0.619 e. The molecule has 2 fully saturated rings. The summed E-state index contributed by atoms with van der Waals surface area (Å²) in [5.41, 5.74) is 1.18. The third-order valence-electron chi connectivity index (χ3n) is 7.57. The van der Waals surface area contributed by atoms with Crippen molar-refractivity contribution in [2.24, 2.45) is 5.92 Å². The first kappa shape index (κ1) is 33.5. The summed E-state index contributed by atoms with van der Waals surface area (Å²) in [7, 11) is -4.24. The van der Waals surface area contributed by atoms with Gasteiger partial charge in [0.25, 0.3) is 5.71 Å². The Morgan fingerprint density at radius 2 is 1.96 bits per heavy atom. The molecule has 0 bridgehead atoms. The van der Waals surface area contributed by atoms with E-state index < -0.39 is 34.1 Å². The van der Waals surface area contributed by atoms with Crippen LogP contribution in [0.4, 0.5) is 8.78 Å². The molecule has 1 aliphatic heterocycles. The Morgan fingerprint density at radius 3 is 2.66 bits per heavy atom. The number of alkyl halides is 2. The van der Waals surface area contributed by atoms with Gasteiger partial charge in [-0.1, -0.05) is 34.4 Å². The van der Waals surface area contributed by atoms with E-state index in [4.69, 9.17) is 37.2 Å². The number of esters is 1. The first-order valence-electron chi connectivity index (χ1n) is 14.2. The van der Waals surface area contributed by atoms with Gasteiger partial charge in [-0.2, -0.15) is 17.8 Å². The number of aromatic nitrogens is 3. The summed E-state index contributed by atoms with van der Waals surface area (Å²) in [6, 6.07) is 5.47. The molecular weight excluding hydrogens is 705 g/mol. The minimum absolute atomic E-state index is 0.00442. The normalized spacial score (nSPS) is 17.7. The van der Waals surface area contributed by atoms with E-state index in [1.807, 2.05) is 0 Å². The monoisotopic (exact) mass is 730 g/mol. The molecule has 18 heteroatoms. The van der Waals surface area contributed by atoms with E-state index in [-0.39, 0.29) is 63.2 Å². The Labute approximate surface area is 281 Å². The fourth-order valence-corrected chi connectivity index (χ4v) is 8.57. The van der Waals surface area contributed by atoms with Crippen LogP contribution in [0.1, 0.15) is 35.8 Å². The maximum atomic E-state index is 13.8. The predicted molar refractivity (Wildman–Crippen MR) is 166 cm³/mol. The molecule has 1 saturated carbocycles. The van der Waals surface area contributed by atoms with Gasteiger partial charge in [-0.25, -0.2) is 18.2 Å². The topological polar surface area (TPSA) is 148 Å². The summed E-state index contributed by atoms with van der Waals surface area (Å²) < 4.78 is 76.8. The van der Waals surface area contributed by atoms with Crippen LogP contribution in [-0.2, 0) is 26.0 Å². The van der Waals surface area contributed by atoms with Gasteiger partial charge in [0.1, 0.15) is 21.0 Å². The van der Waals surface area contributed by atoms with Crippen molar-refractivity contribution < 1.29 is 45.5 Å². The zero-order valence-corrected chi connectivity index (χ0v) is 27.6. The number of carbonyl (C=O) groups excluding carboxylic acids is 1. The van der Waals surface area contributed by atoms with Crippen molar-refractivity contribution in [1.29, 1.82) is 0 Å². The van der Waals surface area contributed by atoms with Crippen LogP contribution in [0.25, 0.3) is 11.1 Å². The summed E-state index contributed by atoms with van der Waals surface area (Å²) >= 11 is 13.8. The predicted octanol–water partition coefficient (Wildman–Crippen LogP) is 5.45. The summed E-state index contributed by atoms with van der Waals surface area (Å²) in [5.74, 6) is -0.528. The lowest BCUT2D eigenvalue weighted by Gasteiger charge is -2.26. The highest BCUT2D eigenvalue weighted by atomic mass is 35.5. The lowest BCUT2D eigenvalue weighted by Crippen LogP contribution is -2.40. The van der Waals surface area contributed by atoms with Crippen molar-refractivity contribution >= 4 is 62.1 Å². The quantitative estimate of drug-likeness (QED) is 0.104. The zero-order valence-electron chi connectivity index (χ0n) is 24.5. The van der Waals surface area contributed by atoms with Crippen molar-refractivity contribution in [2.75, 3.05) is 18.9 Å². The second-order valence-corrected chi connectivity index (χ2v) is 14.8. The first-order valence-corrected chi connectivity index (χ1v) is 17.5. The number of rotatable bonds is 12. The number of sulfonamides is 1. The number of fused-ring (bicyclic) bond motifs is 1. The molecule has 250 valence electrons. The van der Waals surface area contributed by atoms with Crippen molar-refractivity contribution in [1.82, 2.24) is 14.4 Å². The zero-order chi connectivity index (χ0) is 33.5. The number of nitrogens with zero attached hydrogens (tertiary/aromatic N) is 4. The molecule has 0 radical (unpaired) electrons. The van der Waals surface area contributed by atoms with Crippen LogP contribution >= 0.6 is 35.0 Å². The molecule has 4 aromatic rings. The number of carbonyl (C=O) groups is 1. The van der Waals surface area contributed by atoms with Crippen LogP contribution in [0, 0.1) is 18.0 Å². The highest BCUT2D eigenvalue weighted by Crippen LogP contribution is 2.39. The third-order valence-corrected chi connectivity index (χ3v) is 11.4. The van der Waals surface area contributed by atoms with Gasteiger partial charge < -0.3 is 23.9 Å². The Kier molecular flexibility index (Phi) is 9.67. The van der Waals surface area contributed by atoms with E-state index in [0.29, 0.717) is 27.1 Å². The summed E-state index contributed by atoms with van der Waals surface area (Å²) in [6.07, 6.45) is 3.84. The molecule has 1 saturated heterocycles. The van der Waals surface area contributed by atoms with Crippen LogP contribution in [-0.4, -0.2) is 59.7 Å². The van der Waals surface area contributed by atoms with Gasteiger partial charge in [-0.3, -0.25) is 0 Å². The molecular formula is C29H26Cl2F2N4O8S2. The van der Waals surface area contributed by atoms with Crippen molar-refractivity contribution in [2.45, 2.75) is 49.2 Å². The molecule has 0 spiro atoms. The number of pyridine rings is 2. The number of thioether (sulfide) groups is 1. The number of hydrogen-bond donors (Lipinski definition) is 0. The Morgan fingerprint density at radius 1 is 1.21 bits per heavy atom. The average molecular weight is 732 g/mol. The summed E-state index contributed by atoms with van der Waals surface area (Å²) in [6.45, 7) is -1.19. The van der Waals surface area contributed by atoms with Gasteiger partial charge in [-0.05, 0) is 49.4 Å². The maximum absolute atomic E-state index is 13.8. The minimum atomic E-state index is -4.24. The average Bonchev–Trinajstić information content (AvgIpc) is 3.57. The molecule has 1 aromatic carbocycles. The van der Waals surface area contributed by atoms with Crippen LogP contribution in [0.2, 0.25) is 10.0 Å². The number of benzene rings is 1. The smallest absolute Gasteiger partial charge is 0.387 e. The maximum Gasteiger partial charge on any atom is 0.387 e. The fourth-order valence-electron chi connectivity index (χ4n) is 4.95. The van der Waals surface area contributed by atoms with E-state index in [1.165, 1.54) is 24.3 Å². The molecule has 47 heavy (non-hydrogen) atoms. The first-order chi connectivity index (χ1) is 22.4. The molecule has 3 aromatic heterocycles. The third kappa shape index (κ3) is 7.36. The van der Waals surface area contributed by atoms with E-state index >= 15 is 0 Å². The van der Waals surface area contributed by atoms with Gasteiger partial charge in [0.15, 0.2) is 29.3 Å². The number of hydrogen-bond acceptors (Lipinski definition) is 11. The van der Waals surface area contributed by atoms with Gasteiger partial charge in [0, 0.05) is 24.3 Å². The van der Waals surface area contributed by atoms with Crippen LogP contribution in [0.5, 0.6) is 11.5 Å². The Bertz CT molecular complexity index is 1910. The van der Waals surface area contributed by atoms with Gasteiger partial charge in [-0.15, -0.1) is 11.8 Å². The lowest BCUT2D eigenvalue weighted by molar-refractivity contribution is -0.605. The van der Waals surface area contributed by atoms with Crippen molar-refractivity contribution in [3.05, 3.63) is 74.9 Å². The molecule has 12 nitrogen and oxygen atoms in total. The number of ether oxygens (including phenoxy) is 3. The van der Waals surface area contributed by atoms with Gasteiger partial charge >= 0.3 is 12.6 Å². The van der Waals surface area contributed by atoms with Gasteiger partial charge in [0.2, 0.25) is 10.0 Å². The molecule has 4 heterocycles. The molecule has 0 amide bonds. The summed E-state index contributed by atoms with van der Waals surface area (Å²) in [5, 5.41) is 14.8. The molecule has 6 rings (SSSR count). The molecule has 2 aliphatic rings. The molecule has 2 atom stereocenters.